The average Bonchev–Trinajstić information content (AvgIpc) is 1.09. The zero-order valence-electron chi connectivity index (χ0n) is 57.4. The molecular formula is C70H100BrN13O14. The van der Waals surface area contributed by atoms with E-state index >= 15 is 14.4 Å². The number of nitrogens with zero attached hydrogens (tertiary/aromatic N) is 10. The molecule has 2 aliphatic heterocycles. The van der Waals surface area contributed by atoms with Crippen LogP contribution in [0, 0.1) is 0 Å². The third-order valence-corrected chi connectivity index (χ3v) is 17.2. The van der Waals surface area contributed by atoms with Crippen molar-refractivity contribution in [1.82, 2.24) is 59.4 Å². The van der Waals surface area contributed by atoms with Crippen molar-refractivity contribution in [2.75, 3.05) is 145 Å². The summed E-state index contributed by atoms with van der Waals surface area (Å²) in [5, 5.41) is 5.86. The van der Waals surface area contributed by atoms with E-state index in [4.69, 9.17) is 24.7 Å². The first-order valence-electron chi connectivity index (χ1n) is 33.9. The van der Waals surface area contributed by atoms with Gasteiger partial charge < -0.3 is 79.1 Å². The number of benzene rings is 3. The Morgan fingerprint density at radius 2 is 1.18 bits per heavy atom. The van der Waals surface area contributed by atoms with Gasteiger partial charge in [-0.3, -0.25) is 43.2 Å². The lowest BCUT2D eigenvalue weighted by atomic mass is 10.1. The molecule has 1 atom stereocenters. The summed E-state index contributed by atoms with van der Waals surface area (Å²) in [5.74, 6) is -4.40. The number of unbranched alkanes of at least 4 members (excludes halogenated alkanes) is 1. The molecule has 2 fully saturated rings. The first-order chi connectivity index (χ1) is 47.3. The van der Waals surface area contributed by atoms with Crippen LogP contribution in [0.1, 0.15) is 88.3 Å². The van der Waals surface area contributed by atoms with Crippen LogP contribution in [0.25, 0.3) is 0 Å². The molecule has 4 N–H and O–H groups in total. The maximum absolute atomic E-state index is 15.2. The predicted octanol–water partition coefficient (Wildman–Crippen LogP) is 3.11. The molecule has 0 saturated carbocycles. The number of nitrogens with two attached hydrogens (primary N) is 1. The molecule has 0 bridgehead atoms. The Hall–Kier alpha value is -8.31. The van der Waals surface area contributed by atoms with Gasteiger partial charge in [-0.15, -0.1) is 0 Å². The number of aryl methyl sites for hydroxylation is 1. The summed E-state index contributed by atoms with van der Waals surface area (Å²) in [6.45, 7) is 3.67. The minimum Gasteiger partial charge on any atom is -0.497 e. The van der Waals surface area contributed by atoms with Gasteiger partial charge in [-0.25, -0.2) is 9.78 Å². The fraction of sp³-hybridized carbons (Fsp3) is 0.557. The van der Waals surface area contributed by atoms with E-state index in [0.717, 1.165) is 16.5 Å². The Kier molecular flexibility index (Phi) is 34.7. The van der Waals surface area contributed by atoms with Gasteiger partial charge in [0.25, 0.3) is 0 Å². The summed E-state index contributed by atoms with van der Waals surface area (Å²) in [6.07, 6.45) is 9.63. The fourth-order valence-electron chi connectivity index (χ4n) is 11.1. The highest BCUT2D eigenvalue weighted by molar-refractivity contribution is 9.10. The topological polar surface area (TPSA) is 301 Å². The molecule has 536 valence electrons. The molecule has 3 heterocycles. The number of aromatic nitrogens is 2. The summed E-state index contributed by atoms with van der Waals surface area (Å²) in [5.41, 5.74) is 8.00. The number of carbonyl (C=O) groups is 10. The highest BCUT2D eigenvalue weighted by Crippen LogP contribution is 2.18. The monoisotopic (exact) mass is 1430 g/mol. The van der Waals surface area contributed by atoms with E-state index < -0.39 is 92.6 Å². The quantitative estimate of drug-likeness (QED) is 0.0423. The van der Waals surface area contributed by atoms with Crippen LogP contribution in [0.15, 0.2) is 102 Å². The van der Waals surface area contributed by atoms with Gasteiger partial charge in [0.1, 0.15) is 24.9 Å². The van der Waals surface area contributed by atoms with Gasteiger partial charge in [-0.2, -0.15) is 0 Å². The smallest absolute Gasteiger partial charge is 0.328 e. The van der Waals surface area contributed by atoms with Gasteiger partial charge in [0.2, 0.25) is 53.2 Å². The van der Waals surface area contributed by atoms with E-state index in [0.29, 0.717) is 94.5 Å². The van der Waals surface area contributed by atoms with E-state index in [-0.39, 0.29) is 109 Å². The van der Waals surface area contributed by atoms with Crippen molar-refractivity contribution in [2.45, 2.75) is 110 Å². The fourth-order valence-corrected chi connectivity index (χ4v) is 11.4. The number of hydrogen-bond acceptors (Lipinski definition) is 17. The second kappa shape index (κ2) is 43.2. The molecule has 3 aromatic carbocycles. The van der Waals surface area contributed by atoms with Gasteiger partial charge in [-0.05, 0) is 119 Å². The summed E-state index contributed by atoms with van der Waals surface area (Å²) >= 11 is 3.47. The van der Waals surface area contributed by atoms with Crippen LogP contribution in [0.2, 0.25) is 0 Å². The Morgan fingerprint density at radius 1 is 0.633 bits per heavy atom. The lowest BCUT2D eigenvalue weighted by Crippen LogP contribution is -2.53. The molecule has 0 radical (unpaired) electrons. The number of halogens is 1. The van der Waals surface area contributed by atoms with E-state index in [1.165, 1.54) is 48.5 Å². The molecule has 1 unspecified atom stereocenters. The second-order valence-electron chi connectivity index (χ2n) is 24.6. The van der Waals surface area contributed by atoms with Crippen molar-refractivity contribution in [3.63, 3.8) is 0 Å². The number of methoxy groups -OCH3 is 2. The van der Waals surface area contributed by atoms with E-state index in [1.54, 1.807) is 41.7 Å². The van der Waals surface area contributed by atoms with E-state index in [1.807, 2.05) is 79.2 Å². The van der Waals surface area contributed by atoms with Crippen molar-refractivity contribution in [2.24, 2.45) is 5.73 Å². The van der Waals surface area contributed by atoms with Gasteiger partial charge in [0.15, 0.2) is 0 Å². The zero-order chi connectivity index (χ0) is 70.6. The van der Waals surface area contributed by atoms with Gasteiger partial charge >= 0.3 is 5.97 Å². The maximum atomic E-state index is 15.2. The average molecular weight is 1430 g/mol. The zero-order valence-corrected chi connectivity index (χ0v) is 59.0. The number of imidazole rings is 1. The first-order valence-corrected chi connectivity index (χ1v) is 34.7. The number of ether oxygens (including phenoxy) is 4. The molecule has 4 aromatic rings. The molecular weight excluding hydrogens is 1330 g/mol. The lowest BCUT2D eigenvalue weighted by molar-refractivity contribution is -0.149. The van der Waals surface area contributed by atoms with Crippen LogP contribution >= 0.6 is 15.9 Å². The summed E-state index contributed by atoms with van der Waals surface area (Å²) in [7, 11) is 3.03. The SMILES string of the molecule is COCCCN(CC(=O)N(CCc1ccc(Br)cc1)CC(=O)N(CCCCN)CC(=O)NC1CCOC1=O)C(=O)CN(CCCOC(C)C)C(=O)CN(Cc1ccc(OC)cc1)C(=O)CN(Cc1ccccc1)C(=O)CN(CCCN1CCCC1=O)C(=O)CNCCCn1ccnc1. The summed E-state index contributed by atoms with van der Waals surface area (Å²) in [4.78, 5) is 157. The van der Waals surface area contributed by atoms with Crippen molar-refractivity contribution < 1.29 is 66.9 Å². The minimum absolute atomic E-state index is 0.00109. The summed E-state index contributed by atoms with van der Waals surface area (Å²) in [6, 6.07) is 22.7. The molecule has 6 rings (SSSR count). The Balaban J connectivity index is 1.26. The number of likely N-dealkylation sites (tertiary alicyclic amines) is 1. The van der Waals surface area contributed by atoms with Crippen molar-refractivity contribution in [1.29, 1.82) is 0 Å². The van der Waals surface area contributed by atoms with Crippen LogP contribution in [0.4, 0.5) is 0 Å². The number of esters is 1. The largest absolute Gasteiger partial charge is 0.497 e. The third-order valence-electron chi connectivity index (χ3n) is 16.7. The highest BCUT2D eigenvalue weighted by Gasteiger charge is 2.33. The van der Waals surface area contributed by atoms with Crippen LogP contribution in [0.3, 0.4) is 0 Å². The Bertz CT molecular complexity index is 3150. The Labute approximate surface area is 584 Å². The molecule has 98 heavy (non-hydrogen) atoms. The van der Waals surface area contributed by atoms with Crippen LogP contribution in [-0.2, 0) is 88.2 Å². The standard InChI is InChI=1S/C70H100BrN13O14/c1-54(2)97-41-14-37-81(47-65(89)80(36-13-40-95-3)48-66(90)82(38-26-55-18-22-58(71)23-19-55)49-64(88)78(32-9-8-28-72)46-61(85)75-60-27-42-98-70(60)94)67(91)51-84(45-57-20-24-59(96-4)25-21-57)69(93)52-83(44-56-15-6-5-7-16-56)68(92)50-79(35-12-34-77-33-10-17-62(77)86)63(87)43-73-29-11-31-76-39-30-74-53-76/h5-7,15-16,18-25,30,39,53-54,60,73H,8-14,17,26-29,31-38,40-52,72H2,1-4H3,(H,75,85). The molecule has 2 saturated heterocycles. The predicted molar refractivity (Wildman–Crippen MR) is 369 cm³/mol. The number of rotatable bonds is 46. The number of nitrogens with one attached hydrogen (secondary N) is 2. The van der Waals surface area contributed by atoms with E-state index in [9.17, 15) is 33.6 Å². The minimum atomic E-state index is -0.852. The first kappa shape index (κ1) is 78.7. The van der Waals surface area contributed by atoms with Gasteiger partial charge in [0, 0.05) is 115 Å². The van der Waals surface area contributed by atoms with E-state index in [2.05, 4.69) is 31.5 Å². The number of amides is 9. The number of cyclic esters (lactones) is 1. The van der Waals surface area contributed by atoms with Crippen molar-refractivity contribution in [3.8, 4) is 5.75 Å². The molecule has 27 nitrogen and oxygen atoms in total. The van der Waals surface area contributed by atoms with Gasteiger partial charge in [-0.1, -0.05) is 70.5 Å². The maximum Gasteiger partial charge on any atom is 0.328 e. The van der Waals surface area contributed by atoms with Crippen LogP contribution < -0.4 is 21.1 Å². The number of hydrogen-bond donors (Lipinski definition) is 3. The molecule has 0 spiro atoms. The Morgan fingerprint density at radius 3 is 1.73 bits per heavy atom. The van der Waals surface area contributed by atoms with Crippen molar-refractivity contribution >= 4 is 75.1 Å². The lowest BCUT2D eigenvalue weighted by Gasteiger charge is -2.33. The normalized spacial score (nSPS) is 13.5. The molecule has 28 heteroatoms. The van der Waals surface area contributed by atoms with Gasteiger partial charge in [0.05, 0.1) is 65.4 Å². The number of carbonyl (C=O) groups excluding carboxylic acids is 10. The van der Waals surface area contributed by atoms with Crippen LogP contribution in [-0.4, -0.2) is 265 Å². The highest BCUT2D eigenvalue weighted by atomic mass is 79.9. The van der Waals surface area contributed by atoms with Crippen LogP contribution in [0.5, 0.6) is 5.75 Å². The summed E-state index contributed by atoms with van der Waals surface area (Å²) < 4.78 is 24.5. The second-order valence-corrected chi connectivity index (χ2v) is 25.6. The molecule has 0 aliphatic carbocycles. The molecule has 1 aromatic heterocycles. The third kappa shape index (κ3) is 28.3. The molecule has 2 aliphatic rings. The van der Waals surface area contributed by atoms with Crippen molar-refractivity contribution in [3.05, 3.63) is 119 Å². The molecule has 9 amide bonds.